The van der Waals surface area contributed by atoms with E-state index in [1.54, 1.807) is 0 Å². The summed E-state index contributed by atoms with van der Waals surface area (Å²) in [4.78, 5) is 50.5. The van der Waals surface area contributed by atoms with Crippen LogP contribution in [0.1, 0.15) is 68.9 Å². The molecule has 2 unspecified atom stereocenters. The maximum Gasteiger partial charge on any atom is 0.243 e. The number of para-hydroxylation sites is 1. The predicted molar refractivity (Wildman–Crippen MR) is 162 cm³/mol. The van der Waals surface area contributed by atoms with Gasteiger partial charge in [0.2, 0.25) is 23.6 Å². The van der Waals surface area contributed by atoms with Crippen LogP contribution >= 0.6 is 11.9 Å². The number of nitrogens with two attached hydrogens (primary N) is 1. The first-order valence-electron chi connectivity index (χ1n) is 14.5. The summed E-state index contributed by atoms with van der Waals surface area (Å²) in [6.07, 6.45) is 9.20. The number of aryl methyl sites for hydroxylation is 1. The smallest absolute Gasteiger partial charge is 0.243 e. The highest BCUT2D eigenvalue weighted by molar-refractivity contribution is 7.98. The Bertz CT molecular complexity index is 1280. The molecule has 1 fully saturated rings. The van der Waals surface area contributed by atoms with E-state index in [9.17, 15) is 19.2 Å². The number of carbonyl (C=O) groups excluding carboxylic acids is 4. The summed E-state index contributed by atoms with van der Waals surface area (Å²) in [5.41, 5.74) is 7.67. The largest absolute Gasteiger partial charge is 0.368 e. The van der Waals surface area contributed by atoms with Crippen molar-refractivity contribution in [3.05, 3.63) is 72.3 Å². The lowest BCUT2D eigenvalue weighted by atomic mass is 9.77. The van der Waals surface area contributed by atoms with Crippen LogP contribution in [0.3, 0.4) is 0 Å². The molecule has 2 aliphatic carbocycles. The van der Waals surface area contributed by atoms with Crippen LogP contribution in [-0.2, 0) is 32.0 Å². The number of primary amides is 1. The lowest BCUT2D eigenvalue weighted by molar-refractivity contribution is -0.132. The van der Waals surface area contributed by atoms with Gasteiger partial charge in [-0.2, -0.15) is 0 Å². The van der Waals surface area contributed by atoms with Gasteiger partial charge in [0.25, 0.3) is 0 Å². The van der Waals surface area contributed by atoms with Crippen LogP contribution in [-0.4, -0.2) is 29.2 Å². The summed E-state index contributed by atoms with van der Waals surface area (Å²) >= 11 is 1.22. The number of allylic oxidation sites excluding steroid dienone is 1. The van der Waals surface area contributed by atoms with Crippen molar-refractivity contribution >= 4 is 41.3 Å². The van der Waals surface area contributed by atoms with E-state index in [1.165, 1.54) is 17.5 Å². The number of unbranched alkanes of at least 4 members (excludes halogenated alkanes) is 4. The molecule has 0 heterocycles. The number of benzene rings is 2. The number of rotatable bonds is 15. The Labute approximate surface area is 246 Å². The van der Waals surface area contributed by atoms with Crippen molar-refractivity contribution in [3.8, 4) is 0 Å². The van der Waals surface area contributed by atoms with Crippen molar-refractivity contribution in [2.75, 3.05) is 5.32 Å². The third-order valence-corrected chi connectivity index (χ3v) is 8.87. The first-order valence-corrected chi connectivity index (χ1v) is 15.3. The minimum Gasteiger partial charge on any atom is -0.368 e. The fourth-order valence-electron chi connectivity index (χ4n) is 5.37. The van der Waals surface area contributed by atoms with Crippen molar-refractivity contribution in [2.45, 2.75) is 81.1 Å². The number of carbonyl (C=O) groups is 4. The molecule has 2 aromatic rings. The zero-order valence-electron chi connectivity index (χ0n) is 23.5. The molecule has 4 rings (SSSR count). The van der Waals surface area contributed by atoms with Crippen LogP contribution in [0.15, 0.2) is 66.1 Å². The predicted octanol–water partition coefficient (Wildman–Crippen LogP) is 4.83. The average molecular weight is 577 g/mol. The molecule has 2 aliphatic rings. The number of nitrogens with one attached hydrogen (secondary N) is 3. The Kier molecular flexibility index (Phi) is 10.6. The molecule has 8 nitrogen and oxygen atoms in total. The van der Waals surface area contributed by atoms with Gasteiger partial charge in [-0.05, 0) is 73.2 Å². The summed E-state index contributed by atoms with van der Waals surface area (Å²) in [5.74, 6) is -0.443. The summed E-state index contributed by atoms with van der Waals surface area (Å²) < 4.78 is 2.88. The summed E-state index contributed by atoms with van der Waals surface area (Å²) in [5, 5.41) is 5.91. The second-order valence-electron chi connectivity index (χ2n) is 11.1. The minimum absolute atomic E-state index is 0.00187. The molecule has 3 atom stereocenters. The van der Waals surface area contributed by atoms with Crippen molar-refractivity contribution in [2.24, 2.45) is 17.6 Å². The van der Waals surface area contributed by atoms with E-state index in [0.29, 0.717) is 44.2 Å². The fraction of sp³-hybridized carbons (Fsp3) is 0.438. The number of hydrogen-bond donors (Lipinski definition) is 4. The van der Waals surface area contributed by atoms with Gasteiger partial charge in [-0.15, -0.1) is 6.58 Å². The van der Waals surface area contributed by atoms with E-state index >= 15 is 0 Å². The van der Waals surface area contributed by atoms with Gasteiger partial charge in [0.15, 0.2) is 0 Å². The zero-order valence-corrected chi connectivity index (χ0v) is 24.3. The highest BCUT2D eigenvalue weighted by Crippen LogP contribution is 2.40. The van der Waals surface area contributed by atoms with Gasteiger partial charge in [-0.25, -0.2) is 0 Å². The highest BCUT2D eigenvalue weighted by atomic mass is 32.2. The molecule has 9 heteroatoms. The maximum atomic E-state index is 12.7. The molecule has 1 saturated carbocycles. The van der Waals surface area contributed by atoms with Crippen LogP contribution < -0.4 is 21.1 Å². The summed E-state index contributed by atoms with van der Waals surface area (Å²) in [6.45, 7) is 3.74. The Morgan fingerprint density at radius 1 is 0.927 bits per heavy atom. The number of hydrogen-bond acceptors (Lipinski definition) is 5. The van der Waals surface area contributed by atoms with Crippen molar-refractivity contribution in [1.82, 2.24) is 10.0 Å². The molecule has 0 bridgehead atoms. The SMILES string of the molecule is C=C[C@@H]1CC1C(=O)NSc1ccccc1NC(=O)CCCCCCCC(=O)NC1(C(N)=O)CCc2ccccc2C1. The molecule has 0 spiro atoms. The van der Waals surface area contributed by atoms with E-state index in [2.05, 4.69) is 28.0 Å². The maximum absolute atomic E-state index is 12.7. The first-order chi connectivity index (χ1) is 19.8. The van der Waals surface area contributed by atoms with Crippen LogP contribution in [0.2, 0.25) is 0 Å². The molecule has 5 N–H and O–H groups in total. The number of amides is 4. The second kappa shape index (κ2) is 14.3. The third kappa shape index (κ3) is 8.45. The van der Waals surface area contributed by atoms with E-state index in [4.69, 9.17) is 5.73 Å². The van der Waals surface area contributed by atoms with E-state index in [1.807, 2.05) is 48.5 Å². The first kappa shape index (κ1) is 30.4. The Balaban J connectivity index is 1.10. The molecule has 0 radical (unpaired) electrons. The topological polar surface area (TPSA) is 130 Å². The van der Waals surface area contributed by atoms with Gasteiger partial charge in [-0.1, -0.05) is 61.7 Å². The molecule has 41 heavy (non-hydrogen) atoms. The van der Waals surface area contributed by atoms with Crippen LogP contribution in [0.5, 0.6) is 0 Å². The Morgan fingerprint density at radius 2 is 1.59 bits per heavy atom. The number of anilines is 1. The van der Waals surface area contributed by atoms with Gasteiger partial charge in [0, 0.05) is 25.2 Å². The van der Waals surface area contributed by atoms with Gasteiger partial charge in [0.05, 0.1) is 10.6 Å². The van der Waals surface area contributed by atoms with Crippen LogP contribution in [0, 0.1) is 11.8 Å². The molecule has 0 aromatic heterocycles. The van der Waals surface area contributed by atoms with Crippen molar-refractivity contribution in [3.63, 3.8) is 0 Å². The molecule has 0 saturated heterocycles. The molecular formula is C32H40N4O4S. The van der Waals surface area contributed by atoms with Gasteiger partial charge in [0.1, 0.15) is 5.54 Å². The highest BCUT2D eigenvalue weighted by Gasteiger charge is 2.41. The standard InChI is InChI=1S/C32H40N4O4S/c1-2-22-20-25(22)30(39)36-41-27-15-11-10-14-26(27)34-28(37)16-6-4-3-5-7-17-29(38)35-32(31(33)40)19-18-23-12-8-9-13-24(23)21-32/h2,8-15,22,25H,1,3-7,16-21H2,(H2,33,40)(H,34,37)(H,35,38)(H,36,39)/t22-,25?,32?/m1/s1. The Morgan fingerprint density at radius 3 is 2.29 bits per heavy atom. The monoisotopic (exact) mass is 576 g/mol. The van der Waals surface area contributed by atoms with Crippen LogP contribution in [0.4, 0.5) is 5.69 Å². The lowest BCUT2D eigenvalue weighted by Gasteiger charge is -2.36. The molecule has 4 amide bonds. The third-order valence-electron chi connectivity index (χ3n) is 7.99. The summed E-state index contributed by atoms with van der Waals surface area (Å²) in [7, 11) is 0. The second-order valence-corrected chi connectivity index (χ2v) is 11.9. The van der Waals surface area contributed by atoms with Crippen molar-refractivity contribution in [1.29, 1.82) is 0 Å². The minimum atomic E-state index is -1.02. The zero-order chi connectivity index (χ0) is 29.2. The van der Waals surface area contributed by atoms with Crippen LogP contribution in [0.25, 0.3) is 0 Å². The van der Waals surface area contributed by atoms with E-state index in [0.717, 1.165) is 42.6 Å². The normalized spacial score (nSPS) is 20.8. The molecule has 2 aromatic carbocycles. The lowest BCUT2D eigenvalue weighted by Crippen LogP contribution is -2.60. The molecular weight excluding hydrogens is 536 g/mol. The van der Waals surface area contributed by atoms with E-state index in [-0.39, 0.29) is 29.6 Å². The van der Waals surface area contributed by atoms with E-state index < -0.39 is 11.4 Å². The number of fused-ring (bicyclic) bond motifs is 1. The quantitative estimate of drug-likeness (QED) is 0.137. The molecule has 0 aliphatic heterocycles. The summed E-state index contributed by atoms with van der Waals surface area (Å²) in [6, 6.07) is 15.4. The Hall–Kier alpha value is -3.59. The van der Waals surface area contributed by atoms with Gasteiger partial charge < -0.3 is 16.4 Å². The fourth-order valence-corrected chi connectivity index (χ4v) is 6.11. The molecule has 218 valence electrons. The van der Waals surface area contributed by atoms with Gasteiger partial charge >= 0.3 is 0 Å². The average Bonchev–Trinajstić information content (AvgIpc) is 3.76. The van der Waals surface area contributed by atoms with Crippen molar-refractivity contribution < 1.29 is 19.2 Å². The van der Waals surface area contributed by atoms with Gasteiger partial charge in [-0.3, -0.25) is 23.9 Å².